The number of thiazole rings is 1. The molecule has 1 aromatic heterocycles. The van der Waals surface area contributed by atoms with Crippen molar-refractivity contribution in [3.63, 3.8) is 0 Å². The van der Waals surface area contributed by atoms with Crippen molar-refractivity contribution in [1.82, 2.24) is 4.57 Å². The molecule has 0 bridgehead atoms. The Bertz CT molecular complexity index is 1790. The van der Waals surface area contributed by atoms with Gasteiger partial charge in [0.25, 0.3) is 5.56 Å². The first-order valence-electron chi connectivity index (χ1n) is 11.8. The fourth-order valence-corrected chi connectivity index (χ4v) is 6.44. The molecular formula is C29H20BrFN2O3S. The smallest absolute Gasteiger partial charge is 0.308 e. The molecule has 0 saturated carbocycles. The van der Waals surface area contributed by atoms with Crippen molar-refractivity contribution >= 4 is 45.0 Å². The van der Waals surface area contributed by atoms with Gasteiger partial charge < -0.3 is 4.74 Å². The number of carbonyl (C=O) groups is 1. The number of hydrogen-bond acceptors (Lipinski definition) is 5. The van der Waals surface area contributed by atoms with Gasteiger partial charge in [0.15, 0.2) is 4.80 Å². The van der Waals surface area contributed by atoms with Gasteiger partial charge in [0.1, 0.15) is 11.6 Å². The summed E-state index contributed by atoms with van der Waals surface area (Å²) in [5.74, 6) is -0.316. The third-order valence-corrected chi connectivity index (χ3v) is 8.17. The van der Waals surface area contributed by atoms with E-state index in [0.29, 0.717) is 19.6 Å². The van der Waals surface area contributed by atoms with Crippen LogP contribution in [0.1, 0.15) is 41.6 Å². The van der Waals surface area contributed by atoms with E-state index in [1.807, 2.05) is 18.2 Å². The summed E-state index contributed by atoms with van der Waals surface area (Å²) in [5.41, 5.74) is 5.77. The summed E-state index contributed by atoms with van der Waals surface area (Å²) < 4.78 is 21.9. The molecule has 2 aliphatic rings. The van der Waals surface area contributed by atoms with Gasteiger partial charge in [-0.25, -0.2) is 9.38 Å². The standard InChI is InChI=1S/C29H20BrFN2O3S/c1-16(34)36-24-13-6-17(14-23(24)30)15-25-28(35)33-27(19-7-10-20(31)11-8-19)22-12-9-18-4-2-3-5-21(18)26(22)32-29(33)37-25/h2-8,10-11,13-15,27H,9,12H2,1H3/b25-15+/t27-/m0/s1. The molecule has 8 heteroatoms. The first-order valence-corrected chi connectivity index (χ1v) is 13.4. The summed E-state index contributed by atoms with van der Waals surface area (Å²) >= 11 is 4.76. The van der Waals surface area contributed by atoms with E-state index >= 15 is 0 Å². The second-order valence-corrected chi connectivity index (χ2v) is 10.8. The predicted octanol–water partition coefficient (Wildman–Crippen LogP) is 5.15. The third-order valence-electron chi connectivity index (χ3n) is 6.57. The number of esters is 1. The van der Waals surface area contributed by atoms with Crippen LogP contribution in [-0.4, -0.2) is 10.5 Å². The van der Waals surface area contributed by atoms with Gasteiger partial charge >= 0.3 is 5.97 Å². The Morgan fingerprint density at radius 2 is 1.92 bits per heavy atom. The monoisotopic (exact) mass is 574 g/mol. The SMILES string of the molecule is CC(=O)Oc1ccc(/C=c2/sc3n(c2=O)[C@@H](c2ccc(F)cc2)C2=C(N=3)c3ccccc3CC2)cc1Br. The van der Waals surface area contributed by atoms with Crippen LogP contribution in [-0.2, 0) is 11.2 Å². The molecule has 0 fully saturated rings. The molecule has 0 N–H and O–H groups in total. The van der Waals surface area contributed by atoms with Crippen LogP contribution in [0.2, 0.25) is 0 Å². The van der Waals surface area contributed by atoms with Crippen molar-refractivity contribution < 1.29 is 13.9 Å². The first kappa shape index (κ1) is 23.8. The lowest BCUT2D eigenvalue weighted by Gasteiger charge is -2.30. The van der Waals surface area contributed by atoms with E-state index in [9.17, 15) is 14.0 Å². The molecule has 1 aliphatic heterocycles. The number of hydrogen-bond donors (Lipinski definition) is 0. The molecule has 0 spiro atoms. The van der Waals surface area contributed by atoms with E-state index < -0.39 is 5.97 Å². The van der Waals surface area contributed by atoms with Gasteiger partial charge in [0.2, 0.25) is 0 Å². The average molecular weight is 575 g/mol. The number of benzene rings is 3. The zero-order chi connectivity index (χ0) is 25.7. The van der Waals surface area contributed by atoms with Crippen LogP contribution in [0.25, 0.3) is 11.8 Å². The Morgan fingerprint density at radius 3 is 2.68 bits per heavy atom. The summed E-state index contributed by atoms with van der Waals surface area (Å²) in [5, 5.41) is 0. The Balaban J connectivity index is 1.54. The molecular weight excluding hydrogens is 555 g/mol. The number of nitrogens with zero attached hydrogens (tertiary/aromatic N) is 2. The maximum absolute atomic E-state index is 13.8. The van der Waals surface area contributed by atoms with Crippen LogP contribution in [0.3, 0.4) is 0 Å². The average Bonchev–Trinajstić information content (AvgIpc) is 3.19. The lowest BCUT2D eigenvalue weighted by Crippen LogP contribution is -2.38. The highest BCUT2D eigenvalue weighted by Crippen LogP contribution is 2.41. The van der Waals surface area contributed by atoms with Gasteiger partial charge in [-0.2, -0.15) is 0 Å². The van der Waals surface area contributed by atoms with Gasteiger partial charge in [-0.05, 0) is 81.4 Å². The zero-order valence-electron chi connectivity index (χ0n) is 19.7. The molecule has 0 saturated heterocycles. The maximum atomic E-state index is 13.8. The minimum absolute atomic E-state index is 0.149. The van der Waals surface area contributed by atoms with E-state index in [1.54, 1.807) is 34.9 Å². The molecule has 0 unspecified atom stereocenters. The predicted molar refractivity (Wildman–Crippen MR) is 145 cm³/mol. The highest BCUT2D eigenvalue weighted by atomic mass is 79.9. The van der Waals surface area contributed by atoms with Crippen molar-refractivity contribution in [3.05, 3.63) is 125 Å². The molecule has 6 rings (SSSR count). The van der Waals surface area contributed by atoms with Crippen molar-refractivity contribution in [3.8, 4) is 5.75 Å². The highest BCUT2D eigenvalue weighted by molar-refractivity contribution is 9.10. The molecule has 4 aromatic rings. The van der Waals surface area contributed by atoms with Crippen molar-refractivity contribution in [2.75, 3.05) is 0 Å². The molecule has 2 heterocycles. The zero-order valence-corrected chi connectivity index (χ0v) is 22.1. The molecule has 184 valence electrons. The lowest BCUT2D eigenvalue weighted by atomic mass is 9.83. The number of fused-ring (bicyclic) bond motifs is 3. The van der Waals surface area contributed by atoms with Crippen LogP contribution in [0.4, 0.5) is 4.39 Å². The molecule has 0 radical (unpaired) electrons. The Labute approximate surface area is 224 Å². The number of allylic oxidation sites excluding steroid dienone is 1. The Hall–Kier alpha value is -3.62. The number of ether oxygens (including phenoxy) is 1. The third kappa shape index (κ3) is 4.30. The highest BCUT2D eigenvalue weighted by Gasteiger charge is 2.32. The van der Waals surface area contributed by atoms with Crippen molar-refractivity contribution in [2.45, 2.75) is 25.8 Å². The number of aromatic nitrogens is 1. The molecule has 5 nitrogen and oxygen atoms in total. The van der Waals surface area contributed by atoms with E-state index in [2.05, 4.69) is 28.1 Å². The van der Waals surface area contributed by atoms with Crippen molar-refractivity contribution in [2.24, 2.45) is 4.99 Å². The topological polar surface area (TPSA) is 60.7 Å². The number of rotatable bonds is 3. The second-order valence-electron chi connectivity index (χ2n) is 8.95. The maximum Gasteiger partial charge on any atom is 0.308 e. The molecule has 37 heavy (non-hydrogen) atoms. The molecule has 1 aliphatic carbocycles. The Kier molecular flexibility index (Phi) is 6.01. The van der Waals surface area contributed by atoms with E-state index in [-0.39, 0.29) is 17.4 Å². The van der Waals surface area contributed by atoms with Crippen LogP contribution >= 0.6 is 27.3 Å². The van der Waals surface area contributed by atoms with Gasteiger partial charge in [-0.1, -0.05) is 53.8 Å². The van der Waals surface area contributed by atoms with E-state index in [4.69, 9.17) is 9.73 Å². The largest absolute Gasteiger partial charge is 0.426 e. The van der Waals surface area contributed by atoms with Gasteiger partial charge in [-0.3, -0.25) is 14.2 Å². The number of carbonyl (C=O) groups excluding carboxylic acids is 1. The quantitative estimate of drug-likeness (QED) is 0.251. The van der Waals surface area contributed by atoms with Crippen LogP contribution in [0, 0.1) is 5.82 Å². The first-order chi connectivity index (χ1) is 17.9. The van der Waals surface area contributed by atoms with E-state index in [0.717, 1.165) is 40.8 Å². The summed E-state index contributed by atoms with van der Waals surface area (Å²) in [4.78, 5) is 30.7. The summed E-state index contributed by atoms with van der Waals surface area (Å²) in [6, 6.07) is 19.5. The summed E-state index contributed by atoms with van der Waals surface area (Å²) in [6.45, 7) is 1.34. The van der Waals surface area contributed by atoms with Crippen molar-refractivity contribution in [1.29, 1.82) is 0 Å². The minimum atomic E-state index is -0.409. The van der Waals surface area contributed by atoms with Gasteiger partial charge in [0.05, 0.1) is 20.7 Å². The van der Waals surface area contributed by atoms with Crippen LogP contribution < -0.4 is 19.6 Å². The molecule has 3 aromatic carbocycles. The molecule has 0 amide bonds. The van der Waals surface area contributed by atoms with E-state index in [1.165, 1.54) is 36.0 Å². The summed E-state index contributed by atoms with van der Waals surface area (Å²) in [7, 11) is 0. The fraction of sp³-hybridized carbons (Fsp3) is 0.138. The second kappa shape index (κ2) is 9.36. The number of aryl methyl sites for hydroxylation is 1. The van der Waals surface area contributed by atoms with Crippen LogP contribution in [0.5, 0.6) is 5.75 Å². The van der Waals surface area contributed by atoms with Gasteiger partial charge in [-0.15, -0.1) is 0 Å². The van der Waals surface area contributed by atoms with Crippen LogP contribution in [0.15, 0.2) is 86.6 Å². The fourth-order valence-electron chi connectivity index (χ4n) is 4.96. The normalized spacial score (nSPS) is 16.5. The minimum Gasteiger partial charge on any atom is -0.426 e. The summed E-state index contributed by atoms with van der Waals surface area (Å²) in [6.07, 6.45) is 3.44. The lowest BCUT2D eigenvalue weighted by molar-refractivity contribution is -0.131. The van der Waals surface area contributed by atoms with Gasteiger partial charge in [0, 0.05) is 12.5 Å². The number of halogens is 2. The Morgan fingerprint density at radius 1 is 1.14 bits per heavy atom. The molecule has 1 atom stereocenters.